The second-order valence-corrected chi connectivity index (χ2v) is 7.30. The van der Waals surface area contributed by atoms with E-state index in [1.54, 1.807) is 24.3 Å². The molecule has 28 heavy (non-hydrogen) atoms. The van der Waals surface area contributed by atoms with Crippen LogP contribution in [-0.2, 0) is 13.2 Å². The number of hydrogen-bond donors (Lipinski definition) is 2. The average Bonchev–Trinajstić information content (AvgIpc) is 2.67. The highest BCUT2D eigenvalue weighted by molar-refractivity contribution is 6.33. The lowest BCUT2D eigenvalue weighted by Gasteiger charge is -2.14. The number of ether oxygens (including phenoxy) is 1. The number of carboxylic acid groups (broad SMARTS) is 1. The summed E-state index contributed by atoms with van der Waals surface area (Å²) in [6.07, 6.45) is 0. The van der Waals surface area contributed by atoms with Crippen LogP contribution in [0.3, 0.4) is 0 Å². The van der Waals surface area contributed by atoms with E-state index in [0.717, 1.165) is 11.1 Å². The fourth-order valence-corrected chi connectivity index (χ4v) is 3.06. The molecule has 0 spiro atoms. The number of anilines is 1. The number of hydrogen-bond acceptors (Lipinski definition) is 3. The van der Waals surface area contributed by atoms with Gasteiger partial charge in [0.2, 0.25) is 0 Å². The minimum atomic E-state index is -1.02. The summed E-state index contributed by atoms with van der Waals surface area (Å²) in [5.74, 6) is -0.355. The van der Waals surface area contributed by atoms with Crippen molar-refractivity contribution in [3.63, 3.8) is 0 Å². The lowest BCUT2D eigenvalue weighted by atomic mass is 10.1. The van der Waals surface area contributed by atoms with Crippen molar-refractivity contribution >= 4 is 46.5 Å². The van der Waals surface area contributed by atoms with Crippen molar-refractivity contribution in [2.75, 3.05) is 5.32 Å². The van der Waals surface area contributed by atoms with E-state index in [-0.39, 0.29) is 5.56 Å². The SMILES string of the molecule is O=C(O)c1ccc(Cl)c(NCc2cc(Cl)ccc2OCc2ccc(Cl)cc2)c1. The molecule has 0 heterocycles. The van der Waals surface area contributed by atoms with Gasteiger partial charge in [0.05, 0.1) is 16.3 Å². The molecule has 0 aromatic heterocycles. The largest absolute Gasteiger partial charge is 0.489 e. The first kappa shape index (κ1) is 20.3. The molecule has 0 fully saturated rings. The first-order chi connectivity index (χ1) is 13.4. The van der Waals surface area contributed by atoms with Crippen molar-refractivity contribution in [2.45, 2.75) is 13.2 Å². The number of benzene rings is 3. The Kier molecular flexibility index (Phi) is 6.68. The van der Waals surface area contributed by atoms with Gasteiger partial charge in [-0.3, -0.25) is 0 Å². The monoisotopic (exact) mass is 435 g/mol. The number of carbonyl (C=O) groups is 1. The summed E-state index contributed by atoms with van der Waals surface area (Å²) in [4.78, 5) is 11.2. The predicted molar refractivity (Wildman–Crippen MR) is 113 cm³/mol. The van der Waals surface area contributed by atoms with Crippen LogP contribution in [0.2, 0.25) is 15.1 Å². The Morgan fingerprint density at radius 1 is 0.929 bits per heavy atom. The van der Waals surface area contributed by atoms with Gasteiger partial charge in [-0.25, -0.2) is 4.79 Å². The van der Waals surface area contributed by atoms with Gasteiger partial charge in [-0.15, -0.1) is 0 Å². The number of halogens is 3. The molecule has 0 saturated carbocycles. The fourth-order valence-electron chi connectivity index (χ4n) is 2.55. The van der Waals surface area contributed by atoms with Crippen LogP contribution in [0.25, 0.3) is 0 Å². The van der Waals surface area contributed by atoms with E-state index in [4.69, 9.17) is 44.6 Å². The molecule has 0 unspecified atom stereocenters. The second kappa shape index (κ2) is 9.20. The molecule has 0 aliphatic heterocycles. The normalized spacial score (nSPS) is 10.5. The molecule has 2 N–H and O–H groups in total. The van der Waals surface area contributed by atoms with Crippen molar-refractivity contribution < 1.29 is 14.6 Å². The van der Waals surface area contributed by atoms with Gasteiger partial charge < -0.3 is 15.2 Å². The van der Waals surface area contributed by atoms with Gasteiger partial charge >= 0.3 is 5.97 Å². The second-order valence-electron chi connectivity index (χ2n) is 6.02. The van der Waals surface area contributed by atoms with Gasteiger partial charge in [0.25, 0.3) is 0 Å². The quantitative estimate of drug-likeness (QED) is 0.442. The van der Waals surface area contributed by atoms with Crippen LogP contribution in [0, 0.1) is 0 Å². The molecule has 4 nitrogen and oxygen atoms in total. The minimum absolute atomic E-state index is 0.150. The van der Waals surface area contributed by atoms with Gasteiger partial charge in [0.1, 0.15) is 12.4 Å². The van der Waals surface area contributed by atoms with Crippen molar-refractivity contribution in [3.05, 3.63) is 92.4 Å². The molecule has 3 rings (SSSR count). The Balaban J connectivity index is 1.75. The van der Waals surface area contributed by atoms with Crippen LogP contribution in [0.1, 0.15) is 21.5 Å². The molecular formula is C21H16Cl3NO3. The maximum Gasteiger partial charge on any atom is 0.335 e. The molecule has 0 saturated heterocycles. The fraction of sp³-hybridized carbons (Fsp3) is 0.0952. The predicted octanol–water partition coefficient (Wildman–Crippen LogP) is 6.54. The van der Waals surface area contributed by atoms with E-state index in [9.17, 15) is 4.79 Å². The summed E-state index contributed by atoms with van der Waals surface area (Å²) in [6, 6.07) is 17.2. The number of rotatable bonds is 7. The zero-order valence-electron chi connectivity index (χ0n) is 14.6. The van der Waals surface area contributed by atoms with E-state index in [2.05, 4.69) is 5.32 Å². The molecule has 0 radical (unpaired) electrons. The Labute approximate surface area is 177 Å². The molecule has 0 amide bonds. The number of nitrogens with one attached hydrogen (secondary N) is 1. The third kappa shape index (κ3) is 5.32. The molecule has 3 aromatic carbocycles. The molecule has 144 valence electrons. The van der Waals surface area contributed by atoms with Crippen molar-refractivity contribution in [2.24, 2.45) is 0 Å². The first-order valence-corrected chi connectivity index (χ1v) is 9.48. The van der Waals surface area contributed by atoms with E-state index >= 15 is 0 Å². The van der Waals surface area contributed by atoms with E-state index < -0.39 is 5.97 Å². The maximum atomic E-state index is 11.2. The summed E-state index contributed by atoms with van der Waals surface area (Å²) in [5.41, 5.74) is 2.47. The molecule has 0 bridgehead atoms. The summed E-state index contributed by atoms with van der Waals surface area (Å²) < 4.78 is 5.93. The van der Waals surface area contributed by atoms with Crippen molar-refractivity contribution in [1.82, 2.24) is 0 Å². The minimum Gasteiger partial charge on any atom is -0.489 e. The molecular weight excluding hydrogens is 421 g/mol. The van der Waals surface area contributed by atoms with Crippen LogP contribution in [0.5, 0.6) is 5.75 Å². The molecule has 3 aromatic rings. The zero-order valence-corrected chi connectivity index (χ0v) is 16.9. The van der Waals surface area contributed by atoms with Crippen LogP contribution < -0.4 is 10.1 Å². The van der Waals surface area contributed by atoms with E-state index in [1.807, 2.05) is 24.3 Å². The lowest BCUT2D eigenvalue weighted by Crippen LogP contribution is -2.05. The molecule has 0 aliphatic rings. The Bertz CT molecular complexity index is 991. The number of carboxylic acids is 1. The Morgan fingerprint density at radius 3 is 2.36 bits per heavy atom. The summed E-state index contributed by atoms with van der Waals surface area (Å²) in [6.45, 7) is 0.736. The summed E-state index contributed by atoms with van der Waals surface area (Å²) in [7, 11) is 0. The Morgan fingerprint density at radius 2 is 1.64 bits per heavy atom. The first-order valence-electron chi connectivity index (χ1n) is 8.35. The molecule has 7 heteroatoms. The smallest absolute Gasteiger partial charge is 0.335 e. The van der Waals surface area contributed by atoms with Gasteiger partial charge in [0, 0.05) is 22.2 Å². The van der Waals surface area contributed by atoms with Crippen molar-refractivity contribution in [3.8, 4) is 5.75 Å². The van der Waals surface area contributed by atoms with Crippen LogP contribution in [-0.4, -0.2) is 11.1 Å². The van der Waals surface area contributed by atoms with Crippen LogP contribution >= 0.6 is 34.8 Å². The van der Waals surface area contributed by atoms with Gasteiger partial charge in [-0.05, 0) is 54.1 Å². The van der Waals surface area contributed by atoms with Crippen LogP contribution in [0.4, 0.5) is 5.69 Å². The van der Waals surface area contributed by atoms with E-state index in [1.165, 1.54) is 12.1 Å². The van der Waals surface area contributed by atoms with Gasteiger partial charge in [-0.1, -0.05) is 46.9 Å². The molecule has 0 aliphatic carbocycles. The topological polar surface area (TPSA) is 58.6 Å². The third-order valence-corrected chi connectivity index (χ3v) is 4.83. The highest BCUT2D eigenvalue weighted by Gasteiger charge is 2.10. The highest BCUT2D eigenvalue weighted by Crippen LogP contribution is 2.28. The average molecular weight is 437 g/mol. The van der Waals surface area contributed by atoms with Gasteiger partial charge in [0.15, 0.2) is 0 Å². The molecule has 0 atom stereocenters. The summed E-state index contributed by atoms with van der Waals surface area (Å²) >= 11 is 18.2. The number of aromatic carboxylic acids is 1. The van der Waals surface area contributed by atoms with Crippen LogP contribution in [0.15, 0.2) is 60.7 Å². The highest BCUT2D eigenvalue weighted by atomic mass is 35.5. The summed E-state index contributed by atoms with van der Waals surface area (Å²) in [5, 5.41) is 14.0. The standard InChI is InChI=1S/C21H16Cl3NO3/c22-16-4-1-13(2-5-16)12-28-20-8-6-17(23)9-15(20)11-25-19-10-14(21(26)27)3-7-18(19)24/h1-10,25H,11-12H2,(H,26,27). The van der Waals surface area contributed by atoms with Crippen molar-refractivity contribution in [1.29, 1.82) is 0 Å². The van der Waals surface area contributed by atoms with Gasteiger partial charge in [-0.2, -0.15) is 0 Å². The maximum absolute atomic E-state index is 11.2. The van der Waals surface area contributed by atoms with E-state index in [0.29, 0.717) is 39.7 Å². The Hall–Kier alpha value is -2.40. The third-order valence-electron chi connectivity index (χ3n) is 4.01. The zero-order chi connectivity index (χ0) is 20.1. The lowest BCUT2D eigenvalue weighted by molar-refractivity contribution is 0.0697.